The second kappa shape index (κ2) is 31.2. The molecule has 3 N–H and O–H groups in total. The molecule has 2 aliphatic rings. The van der Waals surface area contributed by atoms with Gasteiger partial charge in [-0.05, 0) is 75.4 Å². The van der Waals surface area contributed by atoms with E-state index in [-0.39, 0.29) is 116 Å². The number of ether oxygens (including phenoxy) is 2. The third-order valence-corrected chi connectivity index (χ3v) is 15.7. The zero-order valence-electron chi connectivity index (χ0n) is 46.9. The van der Waals surface area contributed by atoms with Gasteiger partial charge in [-0.25, -0.2) is 0 Å². The van der Waals surface area contributed by atoms with Crippen LogP contribution in [0, 0.1) is 41.4 Å². The maximum atomic E-state index is 14.7. The van der Waals surface area contributed by atoms with Crippen molar-refractivity contribution in [1.29, 1.82) is 0 Å². The van der Waals surface area contributed by atoms with Gasteiger partial charge >= 0.3 is 0 Å². The Bertz CT molecular complexity index is 2030. The smallest absolute Gasteiger partial charge is 0.232 e. The fourth-order valence-electron chi connectivity index (χ4n) is 11.1. The number of Topliss-reactive ketones (excluding diaryl/α,β-unsaturated/α-hetero) is 3. The monoisotopic (exact) mass is 1040 g/mol. The Hall–Kier alpha value is -4.87. The SMILES string of the molecule is CC[C@H](C)[C@@H]([C@@H](CC(=O)N1CCC[C@H]1[C@H](OC)[C@@H](C)C(=O)C[C@@H](Cc1ccccc1)C(N)=O)OC)N(C)C(=O)[C@@H](CC(=O)[C@H](C(C)C)N(C)CCCC(=O)CNC(=O)CCCCCN1C(=O)CC(C)C1=O)C(C)C. The number of primary amides is 1. The summed E-state index contributed by atoms with van der Waals surface area (Å²) in [4.78, 5) is 126. The van der Waals surface area contributed by atoms with Gasteiger partial charge in [0, 0.05) is 90.1 Å². The van der Waals surface area contributed by atoms with Crippen molar-refractivity contribution in [2.24, 2.45) is 47.2 Å². The van der Waals surface area contributed by atoms with Gasteiger partial charge in [-0.1, -0.05) is 98.6 Å². The van der Waals surface area contributed by atoms with Crippen molar-refractivity contribution < 1.29 is 52.6 Å². The van der Waals surface area contributed by atoms with Crippen LogP contribution < -0.4 is 11.1 Å². The first kappa shape index (κ1) is 63.4. The lowest BCUT2D eigenvalue weighted by atomic mass is 9.83. The minimum Gasteiger partial charge on any atom is -0.379 e. The molecule has 0 aromatic heterocycles. The van der Waals surface area contributed by atoms with E-state index >= 15 is 0 Å². The van der Waals surface area contributed by atoms with Crippen molar-refractivity contribution in [1.82, 2.24) is 24.9 Å². The van der Waals surface area contributed by atoms with Gasteiger partial charge in [-0.15, -0.1) is 0 Å². The van der Waals surface area contributed by atoms with Crippen LogP contribution in [0.15, 0.2) is 30.3 Å². The van der Waals surface area contributed by atoms with E-state index in [9.17, 15) is 43.2 Å². The van der Waals surface area contributed by atoms with Crippen LogP contribution in [0.1, 0.15) is 144 Å². The largest absolute Gasteiger partial charge is 0.379 e. The number of hydrogen-bond donors (Lipinski definition) is 2. The van der Waals surface area contributed by atoms with Gasteiger partial charge in [0.25, 0.3) is 0 Å². The molecule has 2 aliphatic heterocycles. The summed E-state index contributed by atoms with van der Waals surface area (Å²) >= 11 is 0. The van der Waals surface area contributed by atoms with Crippen LogP contribution in [-0.4, -0.2) is 157 Å². The Labute approximate surface area is 442 Å². The third kappa shape index (κ3) is 18.5. The molecule has 0 spiro atoms. The van der Waals surface area contributed by atoms with E-state index in [1.54, 1.807) is 37.8 Å². The van der Waals surface area contributed by atoms with Crippen molar-refractivity contribution in [3.05, 3.63) is 35.9 Å². The second-order valence-electron chi connectivity index (χ2n) is 22.0. The lowest BCUT2D eigenvalue weighted by Crippen LogP contribution is -2.54. The Balaban J connectivity index is 1.60. The first-order valence-corrected chi connectivity index (χ1v) is 27.3. The first-order chi connectivity index (χ1) is 35.0. The number of rotatable bonds is 35. The number of nitrogens with two attached hydrogens (primary N) is 1. The quantitative estimate of drug-likeness (QED) is 0.0607. The molecule has 416 valence electrons. The molecule has 0 bridgehead atoms. The maximum absolute atomic E-state index is 14.7. The van der Waals surface area contributed by atoms with Crippen LogP contribution in [0.3, 0.4) is 0 Å². The Morgan fingerprint density at radius 3 is 2.08 bits per heavy atom. The normalized spacial score (nSPS) is 19.3. The summed E-state index contributed by atoms with van der Waals surface area (Å²) in [5, 5.41) is 2.70. The molecular weight excluding hydrogens is 945 g/mol. The van der Waals surface area contributed by atoms with Gasteiger partial charge in [-0.3, -0.25) is 53.0 Å². The summed E-state index contributed by atoms with van der Waals surface area (Å²) < 4.78 is 12.1. The molecular formula is C57H92N6O11. The van der Waals surface area contributed by atoms with Crippen molar-refractivity contribution in [3.63, 3.8) is 0 Å². The van der Waals surface area contributed by atoms with E-state index in [2.05, 4.69) is 5.32 Å². The van der Waals surface area contributed by atoms with Gasteiger partial charge in [0.15, 0.2) is 11.6 Å². The number of likely N-dealkylation sites (N-methyl/N-ethyl adjacent to an activating group) is 2. The highest BCUT2D eigenvalue weighted by atomic mass is 16.5. The van der Waals surface area contributed by atoms with Gasteiger partial charge < -0.3 is 30.3 Å². The molecule has 17 nitrogen and oxygen atoms in total. The Kier molecular flexibility index (Phi) is 26.8. The summed E-state index contributed by atoms with van der Waals surface area (Å²) in [6.45, 7) is 16.6. The first-order valence-electron chi connectivity index (χ1n) is 27.3. The van der Waals surface area contributed by atoms with E-state index in [0.717, 1.165) is 5.56 Å². The van der Waals surface area contributed by atoms with Gasteiger partial charge in [0.2, 0.25) is 35.4 Å². The Morgan fingerprint density at radius 1 is 0.838 bits per heavy atom. The number of hydrogen-bond acceptors (Lipinski definition) is 12. The van der Waals surface area contributed by atoms with E-state index in [0.29, 0.717) is 71.0 Å². The molecule has 1 unspecified atom stereocenters. The van der Waals surface area contributed by atoms with E-state index < -0.39 is 54.0 Å². The highest BCUT2D eigenvalue weighted by molar-refractivity contribution is 6.03. The molecule has 0 saturated carbocycles. The number of nitrogens with zero attached hydrogens (tertiary/aromatic N) is 4. The lowest BCUT2D eigenvalue weighted by molar-refractivity contribution is -0.149. The third-order valence-electron chi connectivity index (χ3n) is 15.7. The Morgan fingerprint density at radius 2 is 1.51 bits per heavy atom. The molecule has 0 aliphatic carbocycles. The predicted molar refractivity (Wildman–Crippen MR) is 284 cm³/mol. The van der Waals surface area contributed by atoms with Gasteiger partial charge in [-0.2, -0.15) is 0 Å². The summed E-state index contributed by atoms with van der Waals surface area (Å²) in [5.41, 5.74) is 6.68. The number of carbonyl (C=O) groups excluding carboxylic acids is 9. The number of ketones is 3. The molecule has 17 heteroatoms. The van der Waals surface area contributed by atoms with E-state index in [1.807, 2.05) is 83.8 Å². The van der Waals surface area contributed by atoms with Crippen molar-refractivity contribution >= 4 is 52.8 Å². The molecule has 1 aromatic rings. The van der Waals surface area contributed by atoms with Crippen LogP contribution in [0.2, 0.25) is 0 Å². The summed E-state index contributed by atoms with van der Waals surface area (Å²) in [7, 11) is 6.67. The second-order valence-corrected chi connectivity index (χ2v) is 22.0. The van der Waals surface area contributed by atoms with Crippen molar-refractivity contribution in [2.45, 2.75) is 176 Å². The van der Waals surface area contributed by atoms with E-state index in [4.69, 9.17) is 15.2 Å². The zero-order chi connectivity index (χ0) is 55.4. The van der Waals surface area contributed by atoms with Crippen LogP contribution in [-0.2, 0) is 59.0 Å². The number of amides is 6. The molecule has 74 heavy (non-hydrogen) atoms. The molecule has 6 amide bonds. The zero-order valence-corrected chi connectivity index (χ0v) is 46.9. The standard InChI is InChI=1S/C57H92N6O11/c1-13-38(6)53(48(73-11)34-51(69)62-29-21-25-45(62)54(74-12)40(8)46(65)32-42(55(58)70)31-41-22-16-14-17-23-41)61(10)57(72)44(36(2)3)33-47(66)52(37(4)5)60(9)27-20-24-43(64)35-59-49(67)26-18-15-19-28-63-50(68)30-39(7)56(63)71/h14,16-17,22-23,36-40,42,44-45,48,52-54H,13,15,18-21,24-35H2,1-12H3,(H2,58,70)(H,59,67)/t38-,39?,40-,42+,44-,45-,48+,52-,53-,54+/m0/s1. The maximum Gasteiger partial charge on any atom is 0.232 e. The van der Waals surface area contributed by atoms with Gasteiger partial charge in [0.1, 0.15) is 5.78 Å². The fourth-order valence-corrected chi connectivity index (χ4v) is 11.1. The highest BCUT2D eigenvalue weighted by Crippen LogP contribution is 2.32. The summed E-state index contributed by atoms with van der Waals surface area (Å²) in [6.07, 6.45) is 4.09. The minimum absolute atomic E-state index is 0.00765. The van der Waals surface area contributed by atoms with Crippen molar-refractivity contribution in [2.75, 3.05) is 54.5 Å². The molecule has 3 rings (SSSR count). The van der Waals surface area contributed by atoms with Crippen LogP contribution in [0.5, 0.6) is 0 Å². The minimum atomic E-state index is -0.685. The molecule has 10 atom stereocenters. The lowest BCUT2D eigenvalue weighted by Gasteiger charge is -2.41. The average Bonchev–Trinajstić information content (AvgIpc) is 3.94. The number of nitrogens with one attached hydrogen (secondary N) is 1. The molecule has 2 heterocycles. The number of likely N-dealkylation sites (tertiary alicyclic amines) is 2. The molecule has 2 saturated heterocycles. The number of imide groups is 1. The van der Waals surface area contributed by atoms with Gasteiger partial charge in [0.05, 0.1) is 43.3 Å². The molecule has 1 aromatic carbocycles. The molecule has 0 radical (unpaired) electrons. The van der Waals surface area contributed by atoms with Crippen LogP contribution >= 0.6 is 0 Å². The average molecular weight is 1040 g/mol. The number of carbonyl (C=O) groups is 9. The molecule has 2 fully saturated rings. The number of benzene rings is 1. The van der Waals surface area contributed by atoms with Crippen LogP contribution in [0.25, 0.3) is 0 Å². The fraction of sp³-hybridized carbons (Fsp3) is 0.737. The van der Waals surface area contributed by atoms with E-state index in [1.165, 1.54) is 12.0 Å². The number of methoxy groups -OCH3 is 2. The summed E-state index contributed by atoms with van der Waals surface area (Å²) in [5.74, 6) is -4.38. The predicted octanol–water partition coefficient (Wildman–Crippen LogP) is 5.82. The summed E-state index contributed by atoms with van der Waals surface area (Å²) in [6, 6.07) is 8.02. The topological polar surface area (TPSA) is 223 Å². The highest BCUT2D eigenvalue weighted by Gasteiger charge is 2.44. The van der Waals surface area contributed by atoms with Crippen molar-refractivity contribution in [3.8, 4) is 0 Å². The number of unbranched alkanes of at least 4 members (excludes halogenated alkanes) is 2. The van der Waals surface area contributed by atoms with Crippen LogP contribution in [0.4, 0.5) is 0 Å².